The molecule has 1 aromatic carbocycles. The second-order valence-corrected chi connectivity index (χ2v) is 6.43. The molecule has 2 N–H and O–H groups in total. The summed E-state index contributed by atoms with van der Waals surface area (Å²) >= 11 is 0. The van der Waals surface area contributed by atoms with Crippen LogP contribution < -0.4 is 5.73 Å². The molecular weight excluding hydrogens is 370 g/mol. The fraction of sp³-hybridized carbons (Fsp3) is 0.136. The van der Waals surface area contributed by atoms with Gasteiger partial charge in [-0.25, -0.2) is 4.98 Å². The van der Waals surface area contributed by atoms with Crippen molar-refractivity contribution in [2.75, 3.05) is 7.11 Å². The lowest BCUT2D eigenvalue weighted by Crippen LogP contribution is -2.29. The third-order valence-corrected chi connectivity index (χ3v) is 4.12. The minimum absolute atomic E-state index is 0.0642. The minimum atomic E-state index is -0.490. The maximum atomic E-state index is 12.3. The van der Waals surface area contributed by atoms with Crippen molar-refractivity contribution >= 4 is 17.5 Å². The summed E-state index contributed by atoms with van der Waals surface area (Å²) < 4.78 is 5.26. The molecule has 3 rings (SSSR count). The predicted octanol–water partition coefficient (Wildman–Crippen LogP) is 3.22. The number of imide groups is 1. The summed E-state index contributed by atoms with van der Waals surface area (Å²) in [6.45, 7) is 5.59. The van der Waals surface area contributed by atoms with Crippen molar-refractivity contribution < 1.29 is 19.2 Å². The molecule has 1 aliphatic heterocycles. The largest absolute Gasteiger partial charge is 0.497 e. The summed E-state index contributed by atoms with van der Waals surface area (Å²) in [5.74, 6) is -0.434. The Morgan fingerprint density at radius 3 is 2.34 bits per heavy atom. The number of carbonyl (C=O) groups is 2. The third kappa shape index (κ3) is 4.41. The van der Waals surface area contributed by atoms with Crippen LogP contribution in [0.4, 0.5) is 0 Å². The minimum Gasteiger partial charge on any atom is -0.497 e. The van der Waals surface area contributed by atoms with Gasteiger partial charge in [0.1, 0.15) is 12.4 Å². The SMILES string of the molecule is C=C(C)/C=C(\C=C(/N)c1cccc(CON2C(=O)c3ccccc3C2=O)n1)OC. The van der Waals surface area contributed by atoms with Crippen molar-refractivity contribution in [2.24, 2.45) is 5.73 Å². The molecule has 0 bridgehead atoms. The Kier molecular flexibility index (Phi) is 5.90. The molecule has 148 valence electrons. The van der Waals surface area contributed by atoms with Gasteiger partial charge in [0, 0.05) is 6.08 Å². The van der Waals surface area contributed by atoms with Crippen molar-refractivity contribution in [3.63, 3.8) is 0 Å². The number of rotatable bonds is 7. The van der Waals surface area contributed by atoms with Gasteiger partial charge in [0.05, 0.1) is 35.3 Å². The topological polar surface area (TPSA) is 94.8 Å². The maximum absolute atomic E-state index is 12.3. The Morgan fingerprint density at radius 2 is 1.76 bits per heavy atom. The predicted molar refractivity (Wildman–Crippen MR) is 108 cm³/mol. The number of fused-ring (bicyclic) bond motifs is 1. The van der Waals surface area contributed by atoms with Crippen LogP contribution in [0.2, 0.25) is 0 Å². The fourth-order valence-electron chi connectivity index (χ4n) is 2.77. The van der Waals surface area contributed by atoms with Crippen LogP contribution in [0.15, 0.2) is 72.5 Å². The van der Waals surface area contributed by atoms with Crippen LogP contribution >= 0.6 is 0 Å². The highest BCUT2D eigenvalue weighted by Crippen LogP contribution is 2.23. The Hall–Kier alpha value is -3.71. The monoisotopic (exact) mass is 391 g/mol. The first kappa shape index (κ1) is 20.0. The van der Waals surface area contributed by atoms with Crippen LogP contribution in [0.1, 0.15) is 39.0 Å². The van der Waals surface area contributed by atoms with E-state index in [9.17, 15) is 9.59 Å². The zero-order valence-electron chi connectivity index (χ0n) is 16.2. The number of hydrogen-bond donors (Lipinski definition) is 1. The molecule has 1 aromatic heterocycles. The van der Waals surface area contributed by atoms with Gasteiger partial charge in [-0.3, -0.25) is 14.4 Å². The Labute approximate surface area is 168 Å². The molecule has 0 spiro atoms. The van der Waals surface area contributed by atoms with Crippen molar-refractivity contribution in [2.45, 2.75) is 13.5 Å². The third-order valence-electron chi connectivity index (χ3n) is 4.12. The van der Waals surface area contributed by atoms with E-state index in [1.807, 2.05) is 6.92 Å². The van der Waals surface area contributed by atoms with Crippen LogP contribution in [-0.4, -0.2) is 29.0 Å². The number of aromatic nitrogens is 1. The van der Waals surface area contributed by atoms with Gasteiger partial charge >= 0.3 is 0 Å². The molecule has 7 nitrogen and oxygen atoms in total. The molecule has 2 aromatic rings. The molecular formula is C22H21N3O4. The lowest BCUT2D eigenvalue weighted by molar-refractivity contribution is -0.102. The number of nitrogens with two attached hydrogens (primary N) is 1. The second kappa shape index (κ2) is 8.53. The number of carbonyl (C=O) groups excluding carboxylic acids is 2. The van der Waals surface area contributed by atoms with Crippen molar-refractivity contribution in [3.05, 3.63) is 95.0 Å². The number of benzene rings is 1. The number of hydroxylamine groups is 2. The van der Waals surface area contributed by atoms with Crippen molar-refractivity contribution in [1.82, 2.24) is 10.0 Å². The number of pyridine rings is 1. The van der Waals surface area contributed by atoms with E-state index in [4.69, 9.17) is 15.3 Å². The van der Waals surface area contributed by atoms with Crippen LogP contribution in [0.3, 0.4) is 0 Å². The van der Waals surface area contributed by atoms with E-state index >= 15 is 0 Å². The van der Waals surface area contributed by atoms with Gasteiger partial charge in [0.2, 0.25) is 0 Å². The summed E-state index contributed by atoms with van der Waals surface area (Å²) in [5, 5.41) is 0.761. The first-order valence-electron chi connectivity index (χ1n) is 8.86. The van der Waals surface area contributed by atoms with Crippen molar-refractivity contribution in [1.29, 1.82) is 0 Å². The standard InChI is InChI=1S/C22H21N3O4/c1-14(2)11-16(28-3)12-19(23)20-10-6-7-15(24-20)13-29-25-21(26)17-8-4-5-9-18(17)22(25)27/h4-12H,1,13,23H2,2-3H3/b16-11+,19-12-. The lowest BCUT2D eigenvalue weighted by atomic mass is 10.1. The number of amides is 2. The average Bonchev–Trinajstić information content (AvgIpc) is 2.96. The summed E-state index contributed by atoms with van der Waals surface area (Å²) in [6, 6.07) is 11.8. The molecule has 0 fully saturated rings. The molecule has 7 heteroatoms. The first-order chi connectivity index (χ1) is 13.9. The number of nitrogens with zero attached hydrogens (tertiary/aromatic N) is 2. The van der Waals surface area contributed by atoms with Crippen LogP contribution in [0.25, 0.3) is 5.70 Å². The zero-order chi connectivity index (χ0) is 21.0. The smallest absolute Gasteiger partial charge is 0.285 e. The maximum Gasteiger partial charge on any atom is 0.285 e. The quantitative estimate of drug-likeness (QED) is 0.442. The summed E-state index contributed by atoms with van der Waals surface area (Å²) in [5.41, 5.74) is 9.01. The molecule has 1 aliphatic rings. The summed E-state index contributed by atoms with van der Waals surface area (Å²) in [6.07, 6.45) is 3.40. The molecule has 0 saturated carbocycles. The fourth-order valence-corrected chi connectivity index (χ4v) is 2.77. The number of hydrogen-bond acceptors (Lipinski definition) is 6. The highest BCUT2D eigenvalue weighted by Gasteiger charge is 2.36. The number of ether oxygens (including phenoxy) is 1. The lowest BCUT2D eigenvalue weighted by Gasteiger charge is -2.13. The van der Waals surface area contributed by atoms with E-state index in [2.05, 4.69) is 11.6 Å². The summed E-state index contributed by atoms with van der Waals surface area (Å²) in [4.78, 5) is 34.6. The average molecular weight is 391 g/mol. The van der Waals surface area contributed by atoms with Gasteiger partial charge < -0.3 is 10.5 Å². The van der Waals surface area contributed by atoms with E-state index in [0.29, 0.717) is 34.0 Å². The molecule has 0 aliphatic carbocycles. The zero-order valence-corrected chi connectivity index (χ0v) is 16.2. The molecule has 2 heterocycles. The van der Waals surface area contributed by atoms with Gasteiger partial charge in [0.25, 0.3) is 11.8 Å². The molecule has 2 amide bonds. The summed E-state index contributed by atoms with van der Waals surface area (Å²) in [7, 11) is 1.54. The van der Waals surface area contributed by atoms with E-state index in [0.717, 1.165) is 10.6 Å². The molecule has 0 radical (unpaired) electrons. The van der Waals surface area contributed by atoms with E-state index in [1.54, 1.807) is 61.7 Å². The Bertz CT molecular complexity index is 1000. The van der Waals surface area contributed by atoms with Gasteiger partial charge in [-0.2, -0.15) is 0 Å². The molecule has 0 saturated heterocycles. The number of methoxy groups -OCH3 is 1. The van der Waals surface area contributed by atoms with E-state index in [1.165, 1.54) is 0 Å². The molecule has 0 unspecified atom stereocenters. The number of allylic oxidation sites excluding steroid dienone is 3. The van der Waals surface area contributed by atoms with Gasteiger partial charge in [-0.1, -0.05) is 30.4 Å². The van der Waals surface area contributed by atoms with Gasteiger partial charge in [-0.05, 0) is 37.3 Å². The Morgan fingerprint density at radius 1 is 1.10 bits per heavy atom. The molecule has 0 atom stereocenters. The van der Waals surface area contributed by atoms with Crippen LogP contribution in [0.5, 0.6) is 0 Å². The van der Waals surface area contributed by atoms with E-state index < -0.39 is 11.8 Å². The molecule has 29 heavy (non-hydrogen) atoms. The highest BCUT2D eigenvalue weighted by atomic mass is 16.7. The Balaban J connectivity index is 1.74. The van der Waals surface area contributed by atoms with Gasteiger partial charge in [-0.15, -0.1) is 5.06 Å². The normalized spacial score (nSPS) is 14.2. The first-order valence-corrected chi connectivity index (χ1v) is 8.86. The van der Waals surface area contributed by atoms with Crippen LogP contribution in [-0.2, 0) is 16.2 Å². The highest BCUT2D eigenvalue weighted by molar-refractivity contribution is 6.20. The van der Waals surface area contributed by atoms with Crippen molar-refractivity contribution in [3.8, 4) is 0 Å². The van der Waals surface area contributed by atoms with Crippen LogP contribution in [0, 0.1) is 0 Å². The second-order valence-electron chi connectivity index (χ2n) is 6.43. The van der Waals surface area contributed by atoms with E-state index in [-0.39, 0.29) is 6.61 Å². The van der Waals surface area contributed by atoms with Gasteiger partial charge in [0.15, 0.2) is 0 Å².